The SMILES string of the molecule is CCCNc1snnc1CN(C)CC1(N(C)C)CCC1. The van der Waals surface area contributed by atoms with Gasteiger partial charge >= 0.3 is 0 Å². The van der Waals surface area contributed by atoms with Crippen molar-refractivity contribution in [2.24, 2.45) is 0 Å². The van der Waals surface area contributed by atoms with E-state index in [0.717, 1.165) is 36.8 Å². The fourth-order valence-corrected chi connectivity index (χ4v) is 3.43. The molecule has 0 aromatic carbocycles. The molecule has 114 valence electrons. The van der Waals surface area contributed by atoms with Gasteiger partial charge in [-0.3, -0.25) is 4.90 Å². The second kappa shape index (κ2) is 6.83. The summed E-state index contributed by atoms with van der Waals surface area (Å²) in [5.41, 5.74) is 1.45. The summed E-state index contributed by atoms with van der Waals surface area (Å²) in [6.45, 7) is 5.13. The van der Waals surface area contributed by atoms with Gasteiger partial charge in [0.05, 0.1) is 0 Å². The smallest absolute Gasteiger partial charge is 0.134 e. The van der Waals surface area contributed by atoms with Crippen molar-refractivity contribution in [2.75, 3.05) is 39.5 Å². The Labute approximate surface area is 126 Å². The topological polar surface area (TPSA) is 44.3 Å². The van der Waals surface area contributed by atoms with E-state index < -0.39 is 0 Å². The Balaban J connectivity index is 1.91. The number of aromatic nitrogens is 2. The normalized spacial score (nSPS) is 17.5. The molecule has 0 unspecified atom stereocenters. The van der Waals surface area contributed by atoms with Crippen LogP contribution < -0.4 is 5.32 Å². The summed E-state index contributed by atoms with van der Waals surface area (Å²) in [6.07, 6.45) is 5.09. The molecule has 0 saturated heterocycles. The zero-order chi connectivity index (χ0) is 14.6. The van der Waals surface area contributed by atoms with E-state index >= 15 is 0 Å². The summed E-state index contributed by atoms with van der Waals surface area (Å²) < 4.78 is 4.09. The van der Waals surface area contributed by atoms with Gasteiger partial charge in [-0.15, -0.1) is 5.10 Å². The molecule has 20 heavy (non-hydrogen) atoms. The molecule has 1 N–H and O–H groups in total. The third kappa shape index (κ3) is 3.48. The van der Waals surface area contributed by atoms with Gasteiger partial charge in [0.1, 0.15) is 10.7 Å². The third-order valence-corrected chi connectivity index (χ3v) is 5.03. The van der Waals surface area contributed by atoms with Crippen molar-refractivity contribution < 1.29 is 0 Å². The van der Waals surface area contributed by atoms with E-state index in [1.807, 2.05) is 0 Å². The van der Waals surface area contributed by atoms with Gasteiger partial charge in [0.15, 0.2) is 0 Å². The molecule has 1 aromatic rings. The van der Waals surface area contributed by atoms with Crippen LogP contribution in [0.1, 0.15) is 38.3 Å². The Morgan fingerprint density at radius 3 is 2.60 bits per heavy atom. The summed E-state index contributed by atoms with van der Waals surface area (Å²) in [6, 6.07) is 0. The van der Waals surface area contributed by atoms with Crippen molar-refractivity contribution in [3.8, 4) is 0 Å². The number of rotatable bonds is 8. The summed E-state index contributed by atoms with van der Waals surface area (Å²) in [7, 11) is 6.59. The van der Waals surface area contributed by atoms with Gasteiger partial charge in [-0.05, 0) is 46.8 Å². The van der Waals surface area contributed by atoms with Crippen LogP contribution in [0.25, 0.3) is 0 Å². The average molecular weight is 297 g/mol. The molecule has 2 rings (SSSR count). The van der Waals surface area contributed by atoms with Gasteiger partial charge in [-0.2, -0.15) is 0 Å². The van der Waals surface area contributed by atoms with Crippen LogP contribution in [-0.4, -0.2) is 59.2 Å². The molecular formula is C14H27N5S. The third-order valence-electron chi connectivity index (χ3n) is 4.31. The minimum atomic E-state index is 0.370. The van der Waals surface area contributed by atoms with Crippen LogP contribution in [0.15, 0.2) is 0 Å². The Kier molecular flexibility index (Phi) is 5.35. The second-order valence-electron chi connectivity index (χ2n) is 6.12. The molecule has 1 fully saturated rings. The second-order valence-corrected chi connectivity index (χ2v) is 6.87. The maximum Gasteiger partial charge on any atom is 0.134 e. The Hall–Kier alpha value is -0.720. The Morgan fingerprint density at radius 1 is 1.30 bits per heavy atom. The lowest BCUT2D eigenvalue weighted by Gasteiger charge is -2.49. The minimum absolute atomic E-state index is 0.370. The number of likely N-dealkylation sites (N-methyl/N-ethyl adjacent to an activating group) is 2. The lowest BCUT2D eigenvalue weighted by Crippen LogP contribution is -2.56. The fourth-order valence-electron chi connectivity index (χ4n) is 2.83. The molecule has 6 heteroatoms. The van der Waals surface area contributed by atoms with Gasteiger partial charge in [0.2, 0.25) is 0 Å². The highest BCUT2D eigenvalue weighted by Gasteiger charge is 2.39. The van der Waals surface area contributed by atoms with Crippen molar-refractivity contribution in [3.63, 3.8) is 0 Å². The van der Waals surface area contributed by atoms with E-state index in [9.17, 15) is 0 Å². The minimum Gasteiger partial charge on any atom is -0.374 e. The van der Waals surface area contributed by atoms with Gasteiger partial charge < -0.3 is 10.2 Å². The molecule has 0 aliphatic heterocycles. The predicted molar refractivity (Wildman–Crippen MR) is 85.3 cm³/mol. The summed E-state index contributed by atoms with van der Waals surface area (Å²) in [4.78, 5) is 4.77. The molecule has 1 aliphatic rings. The van der Waals surface area contributed by atoms with Crippen molar-refractivity contribution in [3.05, 3.63) is 5.69 Å². The van der Waals surface area contributed by atoms with E-state index in [-0.39, 0.29) is 0 Å². The van der Waals surface area contributed by atoms with Gasteiger partial charge in [0, 0.05) is 36.7 Å². The zero-order valence-corrected chi connectivity index (χ0v) is 14.0. The van der Waals surface area contributed by atoms with E-state index in [1.165, 1.54) is 30.8 Å². The molecule has 0 radical (unpaired) electrons. The maximum absolute atomic E-state index is 4.28. The quantitative estimate of drug-likeness (QED) is 0.797. The largest absolute Gasteiger partial charge is 0.374 e. The summed E-state index contributed by atoms with van der Waals surface area (Å²) in [5, 5.41) is 8.83. The molecule has 0 amide bonds. The molecule has 0 atom stereocenters. The maximum atomic E-state index is 4.28. The predicted octanol–water partition coefficient (Wildman–Crippen LogP) is 2.28. The summed E-state index contributed by atoms with van der Waals surface area (Å²) >= 11 is 1.47. The van der Waals surface area contributed by atoms with Crippen molar-refractivity contribution >= 4 is 16.5 Å². The first-order chi connectivity index (χ1) is 9.57. The van der Waals surface area contributed by atoms with Crippen molar-refractivity contribution in [2.45, 2.75) is 44.7 Å². The Morgan fingerprint density at radius 2 is 2.05 bits per heavy atom. The highest BCUT2D eigenvalue weighted by atomic mass is 32.1. The number of nitrogens with one attached hydrogen (secondary N) is 1. The molecule has 1 saturated carbocycles. The van der Waals surface area contributed by atoms with Crippen LogP contribution in [0.5, 0.6) is 0 Å². The first-order valence-corrected chi connectivity index (χ1v) is 8.26. The van der Waals surface area contributed by atoms with Crippen LogP contribution in [0.3, 0.4) is 0 Å². The highest BCUT2D eigenvalue weighted by Crippen LogP contribution is 2.37. The van der Waals surface area contributed by atoms with Gasteiger partial charge in [-0.25, -0.2) is 0 Å². The van der Waals surface area contributed by atoms with E-state index in [1.54, 1.807) is 0 Å². The van der Waals surface area contributed by atoms with Crippen molar-refractivity contribution in [1.29, 1.82) is 0 Å². The lowest BCUT2D eigenvalue weighted by molar-refractivity contribution is 0.0256. The van der Waals surface area contributed by atoms with Crippen molar-refractivity contribution in [1.82, 2.24) is 19.4 Å². The number of hydrogen-bond acceptors (Lipinski definition) is 6. The van der Waals surface area contributed by atoms with E-state index in [2.05, 4.69) is 52.8 Å². The molecular weight excluding hydrogens is 270 g/mol. The zero-order valence-electron chi connectivity index (χ0n) is 13.1. The summed E-state index contributed by atoms with van der Waals surface area (Å²) in [5.74, 6) is 0. The van der Waals surface area contributed by atoms with Gasteiger partial charge in [0.25, 0.3) is 0 Å². The number of anilines is 1. The molecule has 0 spiro atoms. The lowest BCUT2D eigenvalue weighted by atomic mass is 9.75. The molecule has 0 bridgehead atoms. The van der Waals surface area contributed by atoms with Gasteiger partial charge in [-0.1, -0.05) is 11.4 Å². The van der Waals surface area contributed by atoms with Crippen LogP contribution in [0, 0.1) is 0 Å². The van der Waals surface area contributed by atoms with Crippen LogP contribution in [0.2, 0.25) is 0 Å². The molecule has 1 aliphatic carbocycles. The molecule has 5 nitrogen and oxygen atoms in total. The molecule has 1 aromatic heterocycles. The number of hydrogen-bond donors (Lipinski definition) is 1. The van der Waals surface area contributed by atoms with Crippen LogP contribution in [-0.2, 0) is 6.54 Å². The first kappa shape index (κ1) is 15.7. The Bertz CT molecular complexity index is 413. The van der Waals surface area contributed by atoms with Crippen LogP contribution in [0.4, 0.5) is 5.00 Å². The first-order valence-electron chi connectivity index (χ1n) is 7.48. The van der Waals surface area contributed by atoms with E-state index in [4.69, 9.17) is 0 Å². The van der Waals surface area contributed by atoms with E-state index in [0.29, 0.717) is 5.54 Å². The highest BCUT2D eigenvalue weighted by molar-refractivity contribution is 7.10. The van der Waals surface area contributed by atoms with Crippen LogP contribution >= 0.6 is 11.5 Å². The fraction of sp³-hybridized carbons (Fsp3) is 0.857. The number of nitrogens with zero attached hydrogens (tertiary/aromatic N) is 4. The standard InChI is InChI=1S/C14H27N5S/c1-5-9-15-13-12(16-17-20-13)10-19(4)11-14(18(2)3)7-6-8-14/h15H,5-11H2,1-4H3. The molecule has 1 heterocycles. The monoisotopic (exact) mass is 297 g/mol. The average Bonchev–Trinajstić information content (AvgIpc) is 2.78.